The summed E-state index contributed by atoms with van der Waals surface area (Å²) in [6, 6.07) is 16.4. The number of aromatic nitrogens is 1. The van der Waals surface area contributed by atoms with Crippen molar-refractivity contribution in [2.75, 3.05) is 0 Å². The van der Waals surface area contributed by atoms with Crippen LogP contribution in [0.4, 0.5) is 0 Å². The molecule has 0 unspecified atom stereocenters. The van der Waals surface area contributed by atoms with Crippen LogP contribution in [0.25, 0.3) is 0 Å². The average molecular weight is 254 g/mol. The van der Waals surface area contributed by atoms with E-state index < -0.39 is 0 Å². The molecule has 0 aliphatic rings. The maximum absolute atomic E-state index is 4.29. The Labute approximate surface area is 109 Å². The van der Waals surface area contributed by atoms with Gasteiger partial charge in [-0.2, -0.15) is 0 Å². The Hall–Kier alpha value is -0.643. The van der Waals surface area contributed by atoms with Crippen LogP contribution in [0.2, 0.25) is 0 Å². The molecule has 1 aromatic heterocycles. The van der Waals surface area contributed by atoms with Crippen molar-refractivity contribution in [3.63, 3.8) is 0 Å². The van der Waals surface area contributed by atoms with Gasteiger partial charge in [0.25, 0.3) is 0 Å². The van der Waals surface area contributed by atoms with Crippen LogP contribution in [0, 0.1) is 5.32 Å². The van der Waals surface area contributed by atoms with Crippen LogP contribution in [0.1, 0.15) is 5.56 Å². The second-order valence-corrected chi connectivity index (χ2v) is 4.68. The van der Waals surface area contributed by atoms with Crippen LogP contribution in [-0.4, -0.2) is 19.9 Å². The Morgan fingerprint density at radius 3 is 2.33 bits per heavy atom. The summed E-state index contributed by atoms with van der Waals surface area (Å²) in [6.45, 7) is 0. The molecule has 0 N–H and O–H groups in total. The number of rotatable bonds is 3. The molecule has 1 aromatic carbocycles. The minimum absolute atomic E-state index is 0. The molecule has 0 aliphatic carbocycles. The van der Waals surface area contributed by atoms with E-state index in [9.17, 15) is 0 Å². The van der Waals surface area contributed by atoms with Gasteiger partial charge in [-0.3, -0.25) is 0 Å². The van der Waals surface area contributed by atoms with Gasteiger partial charge in [0, 0.05) is 0 Å². The number of benzene rings is 1. The molecular formula is C12H10LiNSe. The molecule has 15 heavy (non-hydrogen) atoms. The first kappa shape index (κ1) is 12.4. The first-order chi connectivity index (χ1) is 6.95. The number of hydrogen-bond donors (Lipinski definition) is 0. The van der Waals surface area contributed by atoms with Crippen LogP contribution < -0.4 is 23.5 Å². The van der Waals surface area contributed by atoms with Crippen molar-refractivity contribution in [2.45, 2.75) is 0 Å². The van der Waals surface area contributed by atoms with E-state index in [0.717, 1.165) is 0 Å². The molecule has 2 aromatic rings. The quantitative estimate of drug-likeness (QED) is 0.486. The summed E-state index contributed by atoms with van der Waals surface area (Å²) >= 11 is 0.336. The average Bonchev–Trinajstić information content (AvgIpc) is 2.29. The van der Waals surface area contributed by atoms with Crippen molar-refractivity contribution >= 4 is 19.5 Å². The van der Waals surface area contributed by atoms with Crippen molar-refractivity contribution in [3.05, 3.63) is 65.6 Å². The zero-order valence-electron chi connectivity index (χ0n) is 8.63. The third-order valence-corrected chi connectivity index (χ3v) is 3.58. The Balaban J connectivity index is 0.00000112. The standard InChI is InChI=1S/C12H10NSe.Li/c1-2-6-11(7-3-1)10-14-12-8-4-5-9-13-12;/h1-10H;/q-1;+1. The number of nitrogens with zero attached hydrogens (tertiary/aromatic N) is 1. The van der Waals surface area contributed by atoms with E-state index >= 15 is 0 Å². The van der Waals surface area contributed by atoms with E-state index in [2.05, 4.69) is 40.6 Å². The molecule has 0 saturated heterocycles. The summed E-state index contributed by atoms with van der Waals surface area (Å²) in [5.41, 5.74) is 1.28. The van der Waals surface area contributed by atoms with Gasteiger partial charge in [-0.05, 0) is 0 Å². The molecule has 1 nitrogen and oxygen atoms in total. The fourth-order valence-corrected chi connectivity index (χ4v) is 2.53. The van der Waals surface area contributed by atoms with Gasteiger partial charge in [-0.25, -0.2) is 0 Å². The van der Waals surface area contributed by atoms with Gasteiger partial charge >= 0.3 is 109 Å². The third-order valence-electron chi connectivity index (χ3n) is 1.75. The fourth-order valence-electron chi connectivity index (χ4n) is 1.08. The van der Waals surface area contributed by atoms with Crippen LogP contribution in [-0.2, 0) is 0 Å². The molecule has 3 heteroatoms. The van der Waals surface area contributed by atoms with E-state index in [4.69, 9.17) is 0 Å². The summed E-state index contributed by atoms with van der Waals surface area (Å²) in [6.07, 6.45) is 1.84. The van der Waals surface area contributed by atoms with Gasteiger partial charge in [-0.1, -0.05) is 0 Å². The summed E-state index contributed by atoms with van der Waals surface area (Å²) in [4.78, 5) is 4.29. The maximum atomic E-state index is 4.29. The summed E-state index contributed by atoms with van der Waals surface area (Å²) in [5.74, 6) is 0. The van der Waals surface area contributed by atoms with Crippen LogP contribution in [0.5, 0.6) is 0 Å². The second-order valence-electron chi connectivity index (χ2n) is 2.81. The fraction of sp³-hybridized carbons (Fsp3) is 0. The van der Waals surface area contributed by atoms with Crippen molar-refractivity contribution in [1.82, 2.24) is 4.98 Å². The van der Waals surface area contributed by atoms with Crippen molar-refractivity contribution in [3.8, 4) is 0 Å². The summed E-state index contributed by atoms with van der Waals surface area (Å²) in [7, 11) is 0. The molecular weight excluding hydrogens is 244 g/mol. The molecule has 2 rings (SSSR count). The molecule has 0 amide bonds. The van der Waals surface area contributed by atoms with Gasteiger partial charge in [0.2, 0.25) is 0 Å². The van der Waals surface area contributed by atoms with Gasteiger partial charge in [0.1, 0.15) is 0 Å². The van der Waals surface area contributed by atoms with E-state index in [1.807, 2.05) is 24.4 Å². The van der Waals surface area contributed by atoms with Crippen molar-refractivity contribution in [2.24, 2.45) is 0 Å². The Bertz CT molecular complexity index is 338. The number of hydrogen-bond acceptors (Lipinski definition) is 1. The van der Waals surface area contributed by atoms with Crippen molar-refractivity contribution in [1.29, 1.82) is 0 Å². The molecule has 0 saturated carbocycles. The summed E-state index contributed by atoms with van der Waals surface area (Å²) < 4.78 is 1.17. The monoisotopic (exact) mass is 255 g/mol. The first-order valence-corrected chi connectivity index (χ1v) is 6.26. The predicted octanol–water partition coefficient (Wildman–Crippen LogP) is -1.37. The van der Waals surface area contributed by atoms with E-state index in [-0.39, 0.29) is 18.9 Å². The molecule has 0 bridgehead atoms. The Morgan fingerprint density at radius 2 is 1.67 bits per heavy atom. The Morgan fingerprint density at radius 1 is 0.933 bits per heavy atom. The van der Waals surface area contributed by atoms with E-state index in [0.29, 0.717) is 15.0 Å². The zero-order chi connectivity index (χ0) is 9.64. The number of pyridine rings is 1. The second kappa shape index (κ2) is 6.77. The Kier molecular flexibility index (Phi) is 5.61. The van der Waals surface area contributed by atoms with Crippen LogP contribution in [0.3, 0.4) is 0 Å². The van der Waals surface area contributed by atoms with E-state index in [1.54, 1.807) is 0 Å². The molecule has 70 valence electrons. The topological polar surface area (TPSA) is 12.9 Å². The molecule has 0 radical (unpaired) electrons. The molecule has 0 spiro atoms. The molecule has 0 aliphatic heterocycles. The van der Waals surface area contributed by atoms with Gasteiger partial charge in [0.15, 0.2) is 0 Å². The SMILES string of the molecule is [Li+].c1ccc([CH-][Se]c2ccccn2)cc1. The van der Waals surface area contributed by atoms with Crippen LogP contribution >= 0.6 is 0 Å². The zero-order valence-corrected chi connectivity index (χ0v) is 10.3. The molecule has 0 atom stereocenters. The van der Waals surface area contributed by atoms with Gasteiger partial charge < -0.3 is 0 Å². The third kappa shape index (κ3) is 4.16. The van der Waals surface area contributed by atoms with Crippen molar-refractivity contribution < 1.29 is 18.9 Å². The predicted molar refractivity (Wildman–Crippen MR) is 59.5 cm³/mol. The van der Waals surface area contributed by atoms with E-state index in [1.165, 1.54) is 10.2 Å². The summed E-state index contributed by atoms with van der Waals surface area (Å²) in [5, 5.41) is 2.25. The minimum atomic E-state index is 0. The molecule has 0 fully saturated rings. The molecule has 1 heterocycles. The van der Waals surface area contributed by atoms with Crippen LogP contribution in [0.15, 0.2) is 54.7 Å². The van der Waals surface area contributed by atoms with Gasteiger partial charge in [0.05, 0.1) is 0 Å². The normalized spacial score (nSPS) is 9.07. The first-order valence-electron chi connectivity index (χ1n) is 4.41. The van der Waals surface area contributed by atoms with Gasteiger partial charge in [-0.15, -0.1) is 0 Å².